The van der Waals surface area contributed by atoms with Gasteiger partial charge in [-0.05, 0) is 20.8 Å². The van der Waals surface area contributed by atoms with Gasteiger partial charge in [-0.3, -0.25) is 9.78 Å². The molecule has 0 aliphatic carbocycles. The van der Waals surface area contributed by atoms with Crippen LogP contribution in [0.4, 0.5) is 0 Å². The second-order valence-electron chi connectivity index (χ2n) is 4.00. The van der Waals surface area contributed by atoms with Gasteiger partial charge in [0, 0.05) is 6.07 Å². The van der Waals surface area contributed by atoms with Crippen LogP contribution in [0.2, 0.25) is 0 Å². The summed E-state index contributed by atoms with van der Waals surface area (Å²) in [6.07, 6.45) is 0. The molecule has 6 nitrogen and oxygen atoms in total. The molecule has 0 aliphatic heterocycles. The van der Waals surface area contributed by atoms with Gasteiger partial charge < -0.3 is 9.72 Å². The van der Waals surface area contributed by atoms with E-state index in [0.717, 1.165) is 6.07 Å². The Morgan fingerprint density at radius 2 is 1.87 bits per heavy atom. The zero-order valence-corrected chi connectivity index (χ0v) is 8.71. The molecule has 0 radical (unpaired) electrons. The Hall–Kier alpha value is -1.85. The SMILES string of the molecule is CC(C)(C)OC(=O)c1cc(=O)[nH]c(=O)[nH]1. The summed E-state index contributed by atoms with van der Waals surface area (Å²) in [6, 6.07) is 0.982. The molecule has 82 valence electrons. The summed E-state index contributed by atoms with van der Waals surface area (Å²) >= 11 is 0. The van der Waals surface area contributed by atoms with Crippen LogP contribution in [0.5, 0.6) is 0 Å². The Labute approximate surface area is 85.3 Å². The summed E-state index contributed by atoms with van der Waals surface area (Å²) in [5, 5.41) is 0. The number of hydrogen-bond donors (Lipinski definition) is 2. The predicted octanol–water partition coefficient (Wildman–Crippen LogP) is 0.0185. The fourth-order valence-corrected chi connectivity index (χ4v) is 0.912. The molecule has 0 spiro atoms. The molecule has 0 bridgehead atoms. The first kappa shape index (κ1) is 11.2. The zero-order chi connectivity index (χ0) is 11.6. The van der Waals surface area contributed by atoms with Crippen molar-refractivity contribution in [2.24, 2.45) is 0 Å². The number of carbonyl (C=O) groups excluding carboxylic acids is 1. The minimum Gasteiger partial charge on any atom is -0.455 e. The normalized spacial score (nSPS) is 11.1. The summed E-state index contributed by atoms with van der Waals surface area (Å²) in [4.78, 5) is 37.3. The molecule has 1 aromatic heterocycles. The Bertz CT molecular complexity index is 450. The van der Waals surface area contributed by atoms with Crippen LogP contribution in [0.15, 0.2) is 15.7 Å². The van der Waals surface area contributed by atoms with Gasteiger partial charge in [0.05, 0.1) is 0 Å². The fraction of sp³-hybridized carbons (Fsp3) is 0.444. The first-order valence-electron chi connectivity index (χ1n) is 4.35. The van der Waals surface area contributed by atoms with E-state index >= 15 is 0 Å². The van der Waals surface area contributed by atoms with Gasteiger partial charge in [-0.2, -0.15) is 0 Å². The van der Waals surface area contributed by atoms with Crippen LogP contribution >= 0.6 is 0 Å². The molecule has 1 rings (SSSR count). The third-order valence-electron chi connectivity index (χ3n) is 1.38. The second-order valence-corrected chi connectivity index (χ2v) is 4.00. The van der Waals surface area contributed by atoms with E-state index in [4.69, 9.17) is 4.74 Å². The third kappa shape index (κ3) is 3.41. The highest BCUT2D eigenvalue weighted by Gasteiger charge is 2.18. The van der Waals surface area contributed by atoms with Crippen molar-refractivity contribution in [3.63, 3.8) is 0 Å². The molecule has 0 saturated carbocycles. The molecule has 1 aromatic rings. The molecule has 0 fully saturated rings. The highest BCUT2D eigenvalue weighted by molar-refractivity contribution is 5.87. The maximum atomic E-state index is 11.4. The number of ether oxygens (including phenoxy) is 1. The second kappa shape index (κ2) is 3.72. The first-order valence-corrected chi connectivity index (χ1v) is 4.35. The quantitative estimate of drug-likeness (QED) is 0.642. The van der Waals surface area contributed by atoms with Crippen LogP contribution in [-0.4, -0.2) is 21.5 Å². The maximum absolute atomic E-state index is 11.4. The summed E-state index contributed by atoms with van der Waals surface area (Å²) in [5.74, 6) is -0.731. The van der Waals surface area contributed by atoms with Crippen LogP contribution in [0.3, 0.4) is 0 Å². The summed E-state index contributed by atoms with van der Waals surface area (Å²) in [5.41, 5.74) is -2.20. The third-order valence-corrected chi connectivity index (χ3v) is 1.38. The van der Waals surface area contributed by atoms with Crippen molar-refractivity contribution in [2.45, 2.75) is 26.4 Å². The minimum absolute atomic E-state index is 0.154. The largest absolute Gasteiger partial charge is 0.455 e. The van der Waals surface area contributed by atoms with Crippen molar-refractivity contribution in [1.82, 2.24) is 9.97 Å². The Morgan fingerprint density at radius 3 is 2.33 bits per heavy atom. The zero-order valence-electron chi connectivity index (χ0n) is 8.71. The summed E-state index contributed by atoms with van der Waals surface area (Å²) in [6.45, 7) is 5.07. The van der Waals surface area contributed by atoms with Gasteiger partial charge in [0.15, 0.2) is 0 Å². The van der Waals surface area contributed by atoms with Crippen molar-refractivity contribution in [3.05, 3.63) is 32.6 Å². The molecule has 0 atom stereocenters. The molecule has 0 saturated heterocycles. The fourth-order valence-electron chi connectivity index (χ4n) is 0.912. The van der Waals surface area contributed by atoms with Gasteiger partial charge >= 0.3 is 11.7 Å². The van der Waals surface area contributed by atoms with E-state index in [0.29, 0.717) is 0 Å². The average molecular weight is 212 g/mol. The highest BCUT2D eigenvalue weighted by Crippen LogP contribution is 2.09. The molecule has 0 aromatic carbocycles. The van der Waals surface area contributed by atoms with E-state index in [2.05, 4.69) is 4.98 Å². The van der Waals surface area contributed by atoms with Crippen molar-refractivity contribution >= 4 is 5.97 Å². The van der Waals surface area contributed by atoms with E-state index in [-0.39, 0.29) is 5.69 Å². The Balaban J connectivity index is 3.02. The lowest BCUT2D eigenvalue weighted by molar-refractivity contribution is 0.00620. The average Bonchev–Trinajstić information content (AvgIpc) is 1.98. The minimum atomic E-state index is -0.733. The smallest absolute Gasteiger partial charge is 0.355 e. The van der Waals surface area contributed by atoms with Crippen LogP contribution in [0.25, 0.3) is 0 Å². The van der Waals surface area contributed by atoms with Crippen molar-refractivity contribution in [3.8, 4) is 0 Å². The van der Waals surface area contributed by atoms with Gasteiger partial charge in [-0.25, -0.2) is 9.59 Å². The lowest BCUT2D eigenvalue weighted by Crippen LogP contribution is -2.29. The van der Waals surface area contributed by atoms with Gasteiger partial charge in [-0.1, -0.05) is 0 Å². The number of H-pyrrole nitrogens is 2. The Morgan fingerprint density at radius 1 is 1.27 bits per heavy atom. The maximum Gasteiger partial charge on any atom is 0.355 e. The molecule has 2 N–H and O–H groups in total. The van der Waals surface area contributed by atoms with E-state index in [9.17, 15) is 14.4 Å². The molecular formula is C9H12N2O4. The number of esters is 1. The molecule has 6 heteroatoms. The summed E-state index contributed by atoms with van der Waals surface area (Å²) in [7, 11) is 0. The molecule has 0 amide bonds. The molecular weight excluding hydrogens is 200 g/mol. The van der Waals surface area contributed by atoms with Gasteiger partial charge in [0.25, 0.3) is 5.56 Å². The number of rotatable bonds is 1. The standard InChI is InChI=1S/C9H12N2O4/c1-9(2,3)15-7(13)5-4-6(12)11-8(14)10-5/h4H,1-3H3,(H2,10,11,12,14). The van der Waals surface area contributed by atoms with E-state index in [1.165, 1.54) is 0 Å². The molecule has 0 unspecified atom stereocenters. The first-order chi connectivity index (χ1) is 6.78. The van der Waals surface area contributed by atoms with Gasteiger partial charge in [0.2, 0.25) is 0 Å². The van der Waals surface area contributed by atoms with Crippen molar-refractivity contribution < 1.29 is 9.53 Å². The highest BCUT2D eigenvalue weighted by atomic mass is 16.6. The van der Waals surface area contributed by atoms with Gasteiger partial charge in [-0.15, -0.1) is 0 Å². The summed E-state index contributed by atoms with van der Waals surface area (Å²) < 4.78 is 4.97. The molecule has 1 heterocycles. The van der Waals surface area contributed by atoms with Crippen LogP contribution in [-0.2, 0) is 4.74 Å². The number of carbonyl (C=O) groups is 1. The van der Waals surface area contributed by atoms with Crippen LogP contribution in [0, 0.1) is 0 Å². The van der Waals surface area contributed by atoms with E-state index < -0.39 is 22.8 Å². The number of hydrogen-bond acceptors (Lipinski definition) is 4. The van der Waals surface area contributed by atoms with Crippen LogP contribution in [0.1, 0.15) is 31.3 Å². The predicted molar refractivity (Wildman–Crippen MR) is 52.9 cm³/mol. The number of nitrogens with one attached hydrogen (secondary N) is 2. The molecule has 15 heavy (non-hydrogen) atoms. The van der Waals surface area contributed by atoms with Gasteiger partial charge in [0.1, 0.15) is 11.3 Å². The molecule has 0 aliphatic rings. The lowest BCUT2D eigenvalue weighted by Gasteiger charge is -2.18. The monoisotopic (exact) mass is 212 g/mol. The lowest BCUT2D eigenvalue weighted by atomic mass is 10.2. The Kier molecular flexibility index (Phi) is 2.78. The topological polar surface area (TPSA) is 92.0 Å². The van der Waals surface area contributed by atoms with Crippen molar-refractivity contribution in [1.29, 1.82) is 0 Å². The number of aromatic amines is 2. The van der Waals surface area contributed by atoms with Crippen LogP contribution < -0.4 is 11.2 Å². The van der Waals surface area contributed by atoms with E-state index in [1.54, 1.807) is 20.8 Å². The van der Waals surface area contributed by atoms with E-state index in [1.807, 2.05) is 4.98 Å². The number of aromatic nitrogens is 2. The van der Waals surface area contributed by atoms with Crippen molar-refractivity contribution in [2.75, 3.05) is 0 Å².